The zero-order valence-electron chi connectivity index (χ0n) is 11.5. The second-order valence-corrected chi connectivity index (χ2v) is 4.51. The molecule has 6 heteroatoms. The van der Waals surface area contributed by atoms with Gasteiger partial charge in [-0.3, -0.25) is 14.6 Å². The molecule has 0 spiro atoms. The molecule has 0 saturated heterocycles. The van der Waals surface area contributed by atoms with Crippen molar-refractivity contribution in [1.82, 2.24) is 10.3 Å². The van der Waals surface area contributed by atoms with E-state index in [0.717, 1.165) is 11.1 Å². The summed E-state index contributed by atoms with van der Waals surface area (Å²) in [5.41, 5.74) is 1.91. The van der Waals surface area contributed by atoms with E-state index < -0.39 is 11.8 Å². The van der Waals surface area contributed by atoms with Crippen molar-refractivity contribution in [3.63, 3.8) is 0 Å². The number of carbonyl (C=O) groups excluding carboxylic acids is 2. The maximum Gasteiger partial charge on any atom is 0.313 e. The zero-order valence-corrected chi connectivity index (χ0v) is 11.5. The molecule has 21 heavy (non-hydrogen) atoms. The lowest BCUT2D eigenvalue weighted by atomic mass is 10.2. The van der Waals surface area contributed by atoms with E-state index in [1.165, 1.54) is 6.07 Å². The number of rotatable bonds is 3. The van der Waals surface area contributed by atoms with E-state index in [9.17, 15) is 14.7 Å². The van der Waals surface area contributed by atoms with Gasteiger partial charge in [0.2, 0.25) is 0 Å². The molecule has 2 aromatic rings. The zero-order chi connectivity index (χ0) is 15.2. The van der Waals surface area contributed by atoms with Gasteiger partial charge in [-0.15, -0.1) is 0 Å². The van der Waals surface area contributed by atoms with E-state index in [2.05, 4.69) is 15.6 Å². The van der Waals surface area contributed by atoms with Crippen LogP contribution < -0.4 is 10.6 Å². The fourth-order valence-corrected chi connectivity index (χ4v) is 1.69. The first-order valence-electron chi connectivity index (χ1n) is 6.34. The largest absolute Gasteiger partial charge is 0.506 e. The Labute approximate surface area is 121 Å². The van der Waals surface area contributed by atoms with Gasteiger partial charge in [0.15, 0.2) is 0 Å². The lowest BCUT2D eigenvalue weighted by Crippen LogP contribution is -2.35. The molecule has 3 N–H and O–H groups in total. The van der Waals surface area contributed by atoms with Crippen molar-refractivity contribution >= 4 is 17.5 Å². The average molecular weight is 285 g/mol. The second kappa shape index (κ2) is 6.51. The second-order valence-electron chi connectivity index (χ2n) is 4.51. The Bertz CT molecular complexity index is 656. The van der Waals surface area contributed by atoms with Crippen molar-refractivity contribution in [2.24, 2.45) is 0 Å². The minimum Gasteiger partial charge on any atom is -0.506 e. The van der Waals surface area contributed by atoms with Crippen LogP contribution in [0, 0.1) is 6.92 Å². The summed E-state index contributed by atoms with van der Waals surface area (Å²) in [6, 6.07) is 8.23. The van der Waals surface area contributed by atoms with Gasteiger partial charge in [0.25, 0.3) is 0 Å². The lowest BCUT2D eigenvalue weighted by Gasteiger charge is -2.08. The molecule has 0 fully saturated rings. The molecule has 0 atom stereocenters. The predicted octanol–water partition coefficient (Wildman–Crippen LogP) is 1.35. The van der Waals surface area contributed by atoms with Gasteiger partial charge in [0.1, 0.15) is 5.75 Å². The summed E-state index contributed by atoms with van der Waals surface area (Å²) in [5, 5.41) is 14.5. The monoisotopic (exact) mass is 285 g/mol. The van der Waals surface area contributed by atoms with Crippen LogP contribution in [0.25, 0.3) is 0 Å². The fourth-order valence-electron chi connectivity index (χ4n) is 1.69. The molecule has 0 aliphatic carbocycles. The Morgan fingerprint density at radius 1 is 1.14 bits per heavy atom. The maximum atomic E-state index is 11.8. The number of anilines is 1. The minimum absolute atomic E-state index is 0.0871. The number of aromatic hydroxyl groups is 1. The number of carbonyl (C=O) groups is 2. The van der Waals surface area contributed by atoms with Crippen LogP contribution >= 0.6 is 0 Å². The highest BCUT2D eigenvalue weighted by molar-refractivity contribution is 6.39. The van der Waals surface area contributed by atoms with Gasteiger partial charge in [0.05, 0.1) is 5.69 Å². The van der Waals surface area contributed by atoms with Crippen LogP contribution in [0.2, 0.25) is 0 Å². The number of amides is 2. The highest BCUT2D eigenvalue weighted by Crippen LogP contribution is 2.23. The summed E-state index contributed by atoms with van der Waals surface area (Å²) < 4.78 is 0. The van der Waals surface area contributed by atoms with Crippen LogP contribution in [0.15, 0.2) is 42.7 Å². The van der Waals surface area contributed by atoms with Crippen LogP contribution in [0.1, 0.15) is 11.1 Å². The minimum atomic E-state index is -0.829. The average Bonchev–Trinajstić information content (AvgIpc) is 2.49. The first-order valence-corrected chi connectivity index (χ1v) is 6.34. The van der Waals surface area contributed by atoms with Crippen LogP contribution in [0.5, 0.6) is 5.75 Å². The van der Waals surface area contributed by atoms with Crippen molar-refractivity contribution in [1.29, 1.82) is 0 Å². The number of hydrogen-bond donors (Lipinski definition) is 3. The molecular formula is C15H15N3O3. The molecule has 0 radical (unpaired) electrons. The molecule has 0 unspecified atom stereocenters. The number of nitrogens with one attached hydrogen (secondary N) is 2. The molecular weight excluding hydrogens is 270 g/mol. The van der Waals surface area contributed by atoms with Gasteiger partial charge in [-0.05, 0) is 42.3 Å². The Hall–Kier alpha value is -2.89. The van der Waals surface area contributed by atoms with Crippen molar-refractivity contribution in [3.05, 3.63) is 53.9 Å². The number of pyridine rings is 1. The van der Waals surface area contributed by atoms with Crippen molar-refractivity contribution in [2.45, 2.75) is 13.5 Å². The summed E-state index contributed by atoms with van der Waals surface area (Å²) in [4.78, 5) is 27.3. The number of hydrogen-bond acceptors (Lipinski definition) is 4. The Morgan fingerprint density at radius 2 is 1.86 bits per heavy atom. The smallest absolute Gasteiger partial charge is 0.313 e. The standard InChI is InChI=1S/C15H15N3O3/c1-10-2-3-13(19)12(8-10)18-15(21)14(20)17-9-11-4-6-16-7-5-11/h2-8,19H,9H2,1H3,(H,17,20)(H,18,21). The van der Waals surface area contributed by atoms with Crippen molar-refractivity contribution in [3.8, 4) is 5.75 Å². The number of phenols is 1. The summed E-state index contributed by atoms with van der Waals surface area (Å²) in [6.07, 6.45) is 3.21. The summed E-state index contributed by atoms with van der Waals surface area (Å²) in [5.74, 6) is -1.69. The first-order chi connectivity index (χ1) is 10.1. The van der Waals surface area contributed by atoms with Gasteiger partial charge in [0, 0.05) is 18.9 Å². The normalized spacial score (nSPS) is 9.95. The van der Waals surface area contributed by atoms with Crippen LogP contribution in [0.4, 0.5) is 5.69 Å². The Balaban J connectivity index is 1.94. The summed E-state index contributed by atoms with van der Waals surface area (Å²) in [7, 11) is 0. The highest BCUT2D eigenvalue weighted by Gasteiger charge is 2.15. The number of benzene rings is 1. The number of phenolic OH excluding ortho intramolecular Hbond substituents is 1. The van der Waals surface area contributed by atoms with Gasteiger partial charge >= 0.3 is 11.8 Å². The molecule has 2 amide bonds. The fraction of sp³-hybridized carbons (Fsp3) is 0.133. The molecule has 0 aliphatic rings. The third-order valence-electron chi connectivity index (χ3n) is 2.81. The van der Waals surface area contributed by atoms with Gasteiger partial charge in [-0.25, -0.2) is 0 Å². The molecule has 0 saturated carbocycles. The predicted molar refractivity (Wildman–Crippen MR) is 77.6 cm³/mol. The molecule has 2 rings (SSSR count). The third-order valence-corrected chi connectivity index (χ3v) is 2.81. The van der Waals surface area contributed by atoms with E-state index in [1.54, 1.807) is 36.7 Å². The molecule has 1 aromatic heterocycles. The molecule has 0 aliphatic heterocycles. The number of aryl methyl sites for hydroxylation is 1. The Kier molecular flexibility index (Phi) is 4.50. The Morgan fingerprint density at radius 3 is 2.57 bits per heavy atom. The quantitative estimate of drug-likeness (QED) is 0.586. The first kappa shape index (κ1) is 14.5. The summed E-state index contributed by atoms with van der Waals surface area (Å²) in [6.45, 7) is 2.05. The maximum absolute atomic E-state index is 11.8. The van der Waals surface area contributed by atoms with E-state index >= 15 is 0 Å². The topological polar surface area (TPSA) is 91.3 Å². The van der Waals surface area contributed by atoms with Crippen LogP contribution in [-0.4, -0.2) is 21.9 Å². The van der Waals surface area contributed by atoms with E-state index in [-0.39, 0.29) is 18.0 Å². The van der Waals surface area contributed by atoms with E-state index in [4.69, 9.17) is 0 Å². The van der Waals surface area contributed by atoms with Gasteiger partial charge < -0.3 is 15.7 Å². The molecule has 1 heterocycles. The van der Waals surface area contributed by atoms with E-state index in [0.29, 0.717) is 0 Å². The van der Waals surface area contributed by atoms with Crippen LogP contribution in [0.3, 0.4) is 0 Å². The highest BCUT2D eigenvalue weighted by atomic mass is 16.3. The van der Waals surface area contributed by atoms with Gasteiger partial charge in [-0.2, -0.15) is 0 Å². The van der Waals surface area contributed by atoms with E-state index in [1.807, 2.05) is 6.92 Å². The van der Waals surface area contributed by atoms with Crippen molar-refractivity contribution < 1.29 is 14.7 Å². The van der Waals surface area contributed by atoms with Gasteiger partial charge in [-0.1, -0.05) is 6.07 Å². The number of nitrogens with zero attached hydrogens (tertiary/aromatic N) is 1. The van der Waals surface area contributed by atoms with Crippen molar-refractivity contribution in [2.75, 3.05) is 5.32 Å². The SMILES string of the molecule is Cc1ccc(O)c(NC(=O)C(=O)NCc2ccncc2)c1. The lowest BCUT2D eigenvalue weighted by molar-refractivity contribution is -0.136. The molecule has 0 bridgehead atoms. The van der Waals surface area contributed by atoms with Crippen LogP contribution in [-0.2, 0) is 16.1 Å². The summed E-state index contributed by atoms with van der Waals surface area (Å²) >= 11 is 0. The molecule has 1 aromatic carbocycles. The molecule has 108 valence electrons. The number of aromatic nitrogens is 1. The third kappa shape index (κ3) is 4.04. The molecule has 6 nitrogen and oxygen atoms in total.